The zero-order chi connectivity index (χ0) is 56.8. The van der Waals surface area contributed by atoms with Gasteiger partial charge in [0.25, 0.3) is 0 Å². The zero-order valence-corrected chi connectivity index (χ0v) is 49.2. The number of allylic oxidation sites excluding steroid dienone is 17. The number of unbranched alkanes of at least 4 members (excludes halogenated alkanes) is 21. The highest BCUT2D eigenvalue weighted by atomic mass is 16.7. The minimum Gasteiger partial charge on any atom is -0.454 e. The molecule has 6 N–H and O–H groups in total. The van der Waals surface area contributed by atoms with Crippen molar-refractivity contribution in [2.45, 2.75) is 288 Å². The van der Waals surface area contributed by atoms with Crippen LogP contribution in [0.25, 0.3) is 0 Å². The molecule has 78 heavy (non-hydrogen) atoms. The van der Waals surface area contributed by atoms with E-state index in [0.717, 1.165) is 96.3 Å². The predicted octanol–water partition coefficient (Wildman–Crippen LogP) is 14.9. The number of carbonyl (C=O) groups is 2. The lowest BCUT2D eigenvalue weighted by Gasteiger charge is -2.41. The quantitative estimate of drug-likeness (QED) is 0.0195. The molecule has 0 spiro atoms. The molecular formula is C67H113NO10. The lowest BCUT2D eigenvalue weighted by atomic mass is 9.99. The molecule has 11 heteroatoms. The van der Waals surface area contributed by atoms with Gasteiger partial charge >= 0.3 is 5.97 Å². The van der Waals surface area contributed by atoms with Crippen LogP contribution < -0.4 is 5.32 Å². The summed E-state index contributed by atoms with van der Waals surface area (Å²) >= 11 is 0. The Bertz CT molecular complexity index is 1680. The van der Waals surface area contributed by atoms with E-state index in [0.29, 0.717) is 19.3 Å². The monoisotopic (exact) mass is 1090 g/mol. The van der Waals surface area contributed by atoms with E-state index in [4.69, 9.17) is 14.2 Å². The van der Waals surface area contributed by atoms with Gasteiger partial charge < -0.3 is 45.1 Å². The van der Waals surface area contributed by atoms with Crippen LogP contribution in [0.2, 0.25) is 0 Å². The number of amides is 1. The minimum atomic E-state index is -1.65. The molecule has 0 radical (unpaired) electrons. The summed E-state index contributed by atoms with van der Waals surface area (Å²) in [5, 5.41) is 56.9. The van der Waals surface area contributed by atoms with Gasteiger partial charge in [0.2, 0.25) is 5.91 Å². The molecule has 1 fully saturated rings. The third kappa shape index (κ3) is 41.3. The summed E-state index contributed by atoms with van der Waals surface area (Å²) in [7, 11) is 0. The molecule has 0 saturated carbocycles. The van der Waals surface area contributed by atoms with Gasteiger partial charge in [0.1, 0.15) is 24.4 Å². The summed E-state index contributed by atoms with van der Waals surface area (Å²) in [5.74, 6) is -1.28. The van der Waals surface area contributed by atoms with Crippen LogP contribution in [0.3, 0.4) is 0 Å². The van der Waals surface area contributed by atoms with E-state index in [2.05, 4.69) is 111 Å². The molecule has 1 aliphatic heterocycles. The van der Waals surface area contributed by atoms with Crippen LogP contribution in [-0.2, 0) is 23.8 Å². The standard InChI is InChI=1S/C67H113NO10/c1-4-7-10-13-16-19-22-25-27-29-30-31-33-34-36-39-42-45-48-51-54-60(71)66(75)68-58(59(70)53-50-47-44-41-38-24-21-18-15-12-9-6-3)57-76-67-65(64(74)63(73)61(56-69)77-67)78-62(72)55-52-49-46-43-40-37-35-32-28-26-23-20-17-14-11-8-5-2/h16-17,19-20,25-28,30-31,34-37,43,46,50,53,58-61,63-65,67,69-71,73-74H,4-15,18,21-24,29,32-33,38-42,44-45,47-49,51-52,54-57H2,1-3H3,(H,68,75)/b19-16-,20-17-,27-25-,28-26-,31-30-,36-34-,37-35-,46-43-,53-50+. The fraction of sp³-hybridized carbons (Fsp3) is 0.701. The third-order valence-corrected chi connectivity index (χ3v) is 13.9. The number of aliphatic hydroxyl groups is 5. The molecule has 0 aromatic carbocycles. The highest BCUT2D eigenvalue weighted by Gasteiger charge is 2.47. The van der Waals surface area contributed by atoms with E-state index < -0.39 is 67.4 Å². The van der Waals surface area contributed by atoms with Gasteiger partial charge in [-0.25, -0.2) is 0 Å². The maximum absolute atomic E-state index is 13.4. The van der Waals surface area contributed by atoms with Crippen molar-refractivity contribution in [3.8, 4) is 0 Å². The fourth-order valence-corrected chi connectivity index (χ4v) is 8.92. The number of nitrogens with one attached hydrogen (secondary N) is 1. The second-order valence-corrected chi connectivity index (χ2v) is 21.1. The molecule has 1 saturated heterocycles. The second-order valence-electron chi connectivity index (χ2n) is 21.1. The summed E-state index contributed by atoms with van der Waals surface area (Å²) in [4.78, 5) is 26.5. The van der Waals surface area contributed by atoms with Gasteiger partial charge in [-0.05, 0) is 109 Å². The van der Waals surface area contributed by atoms with E-state index in [1.165, 1.54) is 89.9 Å². The smallest absolute Gasteiger partial charge is 0.306 e. The maximum Gasteiger partial charge on any atom is 0.306 e. The fourth-order valence-electron chi connectivity index (χ4n) is 8.92. The van der Waals surface area contributed by atoms with Crippen molar-refractivity contribution >= 4 is 11.9 Å². The Labute approximate surface area is 475 Å². The average molecular weight is 1090 g/mol. The van der Waals surface area contributed by atoms with Crippen LogP contribution in [0.5, 0.6) is 0 Å². The van der Waals surface area contributed by atoms with Gasteiger partial charge in [0.05, 0.1) is 25.4 Å². The Morgan fingerprint density at radius 2 is 0.885 bits per heavy atom. The van der Waals surface area contributed by atoms with Crippen LogP contribution in [0.1, 0.15) is 239 Å². The average Bonchev–Trinajstić information content (AvgIpc) is 3.44. The number of carbonyl (C=O) groups excluding carboxylic acids is 2. The van der Waals surface area contributed by atoms with Crippen LogP contribution >= 0.6 is 0 Å². The Morgan fingerprint density at radius 3 is 1.35 bits per heavy atom. The first-order valence-electron chi connectivity index (χ1n) is 31.2. The Hall–Kier alpha value is -3.68. The summed E-state index contributed by atoms with van der Waals surface area (Å²) < 4.78 is 17.5. The minimum absolute atomic E-state index is 0.0397. The molecular weight excluding hydrogens is 979 g/mol. The highest BCUT2D eigenvalue weighted by Crippen LogP contribution is 2.26. The van der Waals surface area contributed by atoms with Crippen LogP contribution in [-0.4, -0.2) is 99.6 Å². The van der Waals surface area contributed by atoms with Crippen molar-refractivity contribution in [1.29, 1.82) is 0 Å². The number of hydrogen-bond donors (Lipinski definition) is 6. The highest BCUT2D eigenvalue weighted by molar-refractivity contribution is 5.80. The summed E-state index contributed by atoms with van der Waals surface area (Å²) in [6.45, 7) is 5.68. The molecule has 0 aromatic heterocycles. The topological polar surface area (TPSA) is 175 Å². The lowest BCUT2D eigenvalue weighted by Crippen LogP contribution is -2.61. The zero-order valence-electron chi connectivity index (χ0n) is 49.2. The number of rotatable bonds is 51. The first kappa shape index (κ1) is 72.3. The van der Waals surface area contributed by atoms with Gasteiger partial charge in [-0.2, -0.15) is 0 Å². The lowest BCUT2D eigenvalue weighted by molar-refractivity contribution is -0.305. The largest absolute Gasteiger partial charge is 0.454 e. The molecule has 0 aliphatic carbocycles. The van der Waals surface area contributed by atoms with Gasteiger partial charge in [-0.1, -0.05) is 233 Å². The van der Waals surface area contributed by atoms with E-state index in [-0.39, 0.29) is 19.4 Å². The molecule has 1 aliphatic rings. The van der Waals surface area contributed by atoms with Crippen LogP contribution in [0.4, 0.5) is 0 Å². The number of esters is 1. The van der Waals surface area contributed by atoms with E-state index in [1.807, 2.05) is 18.2 Å². The molecule has 446 valence electrons. The summed E-state index contributed by atoms with van der Waals surface area (Å²) in [6, 6.07) is -1.05. The first-order valence-corrected chi connectivity index (χ1v) is 31.2. The molecule has 8 atom stereocenters. The second kappa shape index (κ2) is 53.9. The molecule has 11 nitrogen and oxygen atoms in total. The van der Waals surface area contributed by atoms with E-state index in [9.17, 15) is 35.1 Å². The summed E-state index contributed by atoms with van der Waals surface area (Å²) in [6.07, 6.45) is 62.7. The Morgan fingerprint density at radius 1 is 0.500 bits per heavy atom. The molecule has 0 bridgehead atoms. The Balaban J connectivity index is 2.74. The van der Waals surface area contributed by atoms with E-state index in [1.54, 1.807) is 6.08 Å². The molecule has 8 unspecified atom stereocenters. The van der Waals surface area contributed by atoms with Crippen molar-refractivity contribution in [1.82, 2.24) is 5.32 Å². The first-order chi connectivity index (χ1) is 38.2. The van der Waals surface area contributed by atoms with Crippen molar-refractivity contribution in [2.24, 2.45) is 0 Å². The molecule has 0 aromatic rings. The van der Waals surface area contributed by atoms with Gasteiger partial charge in [0.15, 0.2) is 12.4 Å². The number of aliphatic hydroxyl groups excluding tert-OH is 5. The summed E-state index contributed by atoms with van der Waals surface area (Å²) in [5.41, 5.74) is 0. The van der Waals surface area contributed by atoms with Crippen molar-refractivity contribution in [2.75, 3.05) is 13.2 Å². The van der Waals surface area contributed by atoms with E-state index >= 15 is 0 Å². The molecule has 1 heterocycles. The predicted molar refractivity (Wildman–Crippen MR) is 324 cm³/mol. The maximum atomic E-state index is 13.4. The SMILES string of the molecule is CCCCC/C=C\C/C=C\C/C=C\C/C=C\CCCCCCC(O)C(=O)NC(COC1OC(CO)C(O)C(O)C1OC(=O)CCC/C=C\C/C=C\C/C=C\C/C=C\CCCCC)C(O)/C=C/CCCCCCCCCCCC. The van der Waals surface area contributed by atoms with Crippen LogP contribution in [0.15, 0.2) is 109 Å². The van der Waals surface area contributed by atoms with Crippen molar-refractivity contribution in [3.05, 3.63) is 109 Å². The molecule has 1 rings (SSSR count). The van der Waals surface area contributed by atoms with Gasteiger partial charge in [0, 0.05) is 6.42 Å². The van der Waals surface area contributed by atoms with Crippen molar-refractivity contribution in [3.63, 3.8) is 0 Å². The Kier molecular flexibility index (Phi) is 50.0. The van der Waals surface area contributed by atoms with Gasteiger partial charge in [-0.3, -0.25) is 9.59 Å². The normalized spacial score (nSPS) is 19.7. The number of ether oxygens (including phenoxy) is 3. The van der Waals surface area contributed by atoms with Crippen molar-refractivity contribution < 1.29 is 49.3 Å². The van der Waals surface area contributed by atoms with Crippen LogP contribution in [0, 0.1) is 0 Å². The third-order valence-electron chi connectivity index (χ3n) is 13.9. The molecule has 1 amide bonds. The number of hydrogen-bond acceptors (Lipinski definition) is 10. The van der Waals surface area contributed by atoms with Gasteiger partial charge in [-0.15, -0.1) is 0 Å².